The van der Waals surface area contributed by atoms with Crippen LogP contribution >= 0.6 is 34.8 Å². The zero-order chi connectivity index (χ0) is 24.5. The summed E-state index contributed by atoms with van der Waals surface area (Å²) in [5, 5.41) is 5.65. The van der Waals surface area contributed by atoms with Crippen LogP contribution in [0.15, 0.2) is 53.6 Å². The highest BCUT2D eigenvalue weighted by Gasteiger charge is 2.13. The zero-order valence-electron chi connectivity index (χ0n) is 19.0. The molecule has 0 bridgehead atoms. The van der Waals surface area contributed by atoms with E-state index in [-0.39, 0.29) is 6.61 Å². The van der Waals surface area contributed by atoms with E-state index < -0.39 is 0 Å². The maximum absolute atomic E-state index is 6.50. The van der Waals surface area contributed by atoms with Crippen molar-refractivity contribution in [3.05, 3.63) is 80.3 Å². The molecule has 0 spiro atoms. The predicted octanol–water partition coefficient (Wildman–Crippen LogP) is 6.77. The van der Waals surface area contributed by atoms with Gasteiger partial charge in [-0.1, -0.05) is 46.9 Å². The molecule has 3 rings (SSSR count). The van der Waals surface area contributed by atoms with Crippen LogP contribution < -0.4 is 24.4 Å². The van der Waals surface area contributed by atoms with Gasteiger partial charge in [0.2, 0.25) is 0 Å². The topological polar surface area (TPSA) is 61.3 Å². The second-order valence-corrected chi connectivity index (χ2v) is 8.30. The average Bonchev–Trinajstić information content (AvgIpc) is 2.83. The Hall–Kier alpha value is -2.80. The smallest absolute Gasteiger partial charge is 0.180 e. The summed E-state index contributed by atoms with van der Waals surface area (Å²) < 4.78 is 22.3. The summed E-state index contributed by atoms with van der Waals surface area (Å²) in [6.45, 7) is 3.12. The number of rotatable bonds is 11. The Labute approximate surface area is 214 Å². The molecule has 3 aromatic carbocycles. The van der Waals surface area contributed by atoms with E-state index in [1.54, 1.807) is 38.6 Å². The number of halogens is 3. The van der Waals surface area contributed by atoms with Crippen LogP contribution in [0.5, 0.6) is 23.0 Å². The molecule has 0 saturated carbocycles. The van der Waals surface area contributed by atoms with Gasteiger partial charge in [0.15, 0.2) is 23.0 Å². The lowest BCUT2D eigenvalue weighted by Gasteiger charge is -2.15. The van der Waals surface area contributed by atoms with E-state index in [4.69, 9.17) is 53.8 Å². The summed E-state index contributed by atoms with van der Waals surface area (Å²) in [7, 11) is 3.20. The van der Waals surface area contributed by atoms with Crippen LogP contribution in [0.1, 0.15) is 23.6 Å². The molecule has 0 heterocycles. The fourth-order valence-electron chi connectivity index (χ4n) is 3.10. The number of nitrogens with zero attached hydrogens (tertiary/aromatic N) is 1. The highest BCUT2D eigenvalue weighted by Crippen LogP contribution is 2.37. The van der Waals surface area contributed by atoms with E-state index in [0.29, 0.717) is 51.2 Å². The van der Waals surface area contributed by atoms with Gasteiger partial charge < -0.3 is 24.4 Å². The number of benzene rings is 3. The molecule has 180 valence electrons. The van der Waals surface area contributed by atoms with Crippen molar-refractivity contribution in [3.8, 4) is 23.0 Å². The second-order valence-electron chi connectivity index (χ2n) is 7.08. The van der Waals surface area contributed by atoms with Crippen LogP contribution in [-0.2, 0) is 13.2 Å². The third-order valence-electron chi connectivity index (χ3n) is 4.73. The Kier molecular flexibility index (Phi) is 9.57. The fraction of sp³-hybridized carbons (Fsp3) is 0.240. The molecule has 0 saturated heterocycles. The lowest BCUT2D eigenvalue weighted by molar-refractivity contribution is 0.269. The highest BCUT2D eigenvalue weighted by molar-refractivity contribution is 6.42. The van der Waals surface area contributed by atoms with Crippen LogP contribution in [0.3, 0.4) is 0 Å². The molecule has 34 heavy (non-hydrogen) atoms. The first-order chi connectivity index (χ1) is 16.4. The summed E-state index contributed by atoms with van der Waals surface area (Å²) >= 11 is 18.6. The minimum absolute atomic E-state index is 0.261. The van der Waals surface area contributed by atoms with E-state index >= 15 is 0 Å². The Morgan fingerprint density at radius 1 is 0.794 bits per heavy atom. The first-order valence-electron chi connectivity index (χ1n) is 10.4. The Morgan fingerprint density at radius 2 is 1.56 bits per heavy atom. The van der Waals surface area contributed by atoms with Crippen molar-refractivity contribution < 1.29 is 18.9 Å². The molecular weight excluding hydrogens is 499 g/mol. The third-order valence-corrected chi connectivity index (χ3v) is 5.75. The van der Waals surface area contributed by atoms with Crippen LogP contribution in [0.4, 0.5) is 0 Å². The number of ether oxygens (including phenoxy) is 4. The van der Waals surface area contributed by atoms with E-state index in [9.17, 15) is 0 Å². The van der Waals surface area contributed by atoms with Crippen molar-refractivity contribution in [1.82, 2.24) is 5.43 Å². The van der Waals surface area contributed by atoms with Crippen LogP contribution in [-0.4, -0.2) is 27.0 Å². The number of hydrazone groups is 1. The summed E-state index contributed by atoms with van der Waals surface area (Å²) in [6, 6.07) is 14.6. The highest BCUT2D eigenvalue weighted by atomic mass is 35.5. The maximum Gasteiger partial charge on any atom is 0.180 e. The number of methoxy groups -OCH3 is 2. The predicted molar refractivity (Wildman–Crippen MR) is 137 cm³/mol. The summed E-state index contributed by atoms with van der Waals surface area (Å²) in [6.07, 6.45) is 1.66. The van der Waals surface area contributed by atoms with E-state index in [2.05, 4.69) is 10.5 Å². The molecule has 0 aliphatic carbocycles. The molecule has 6 nitrogen and oxygen atoms in total. The van der Waals surface area contributed by atoms with Gasteiger partial charge in [0.25, 0.3) is 0 Å². The average molecular weight is 524 g/mol. The minimum Gasteiger partial charge on any atom is -0.493 e. The van der Waals surface area contributed by atoms with Gasteiger partial charge in [-0.05, 0) is 60.0 Å². The quantitative estimate of drug-likeness (QED) is 0.222. The molecular formula is C25H25Cl3N2O4. The molecule has 0 fully saturated rings. The van der Waals surface area contributed by atoms with Gasteiger partial charge in [0.05, 0.1) is 48.7 Å². The molecule has 0 radical (unpaired) electrons. The monoisotopic (exact) mass is 522 g/mol. The van der Waals surface area contributed by atoms with Crippen molar-refractivity contribution in [2.45, 2.75) is 20.1 Å². The zero-order valence-corrected chi connectivity index (χ0v) is 21.3. The van der Waals surface area contributed by atoms with Gasteiger partial charge >= 0.3 is 0 Å². The molecule has 0 aliphatic rings. The van der Waals surface area contributed by atoms with Crippen molar-refractivity contribution in [3.63, 3.8) is 0 Å². The Morgan fingerprint density at radius 3 is 2.26 bits per heavy atom. The third kappa shape index (κ3) is 6.86. The summed E-state index contributed by atoms with van der Waals surface area (Å²) in [5.74, 6) is 2.31. The normalized spacial score (nSPS) is 10.9. The second kappa shape index (κ2) is 12.6. The van der Waals surface area contributed by atoms with Crippen molar-refractivity contribution in [1.29, 1.82) is 0 Å². The van der Waals surface area contributed by atoms with Gasteiger partial charge in [0.1, 0.15) is 6.61 Å². The summed E-state index contributed by atoms with van der Waals surface area (Å²) in [5.41, 5.74) is 5.63. The van der Waals surface area contributed by atoms with E-state index in [1.165, 1.54) is 0 Å². The molecule has 9 heteroatoms. The fourth-order valence-corrected chi connectivity index (χ4v) is 3.69. The van der Waals surface area contributed by atoms with Crippen LogP contribution in [0.2, 0.25) is 15.1 Å². The molecule has 1 N–H and O–H groups in total. The molecule has 0 unspecified atom stereocenters. The SMILES string of the molecule is CCOc1cc(/C=N\NCc2ccc(OC)c(OC)c2)cc(Cl)c1OCc1ccc(Cl)c(Cl)c1. The van der Waals surface area contributed by atoms with Crippen LogP contribution in [0, 0.1) is 0 Å². The van der Waals surface area contributed by atoms with E-state index in [0.717, 1.165) is 16.7 Å². The maximum atomic E-state index is 6.50. The lowest BCUT2D eigenvalue weighted by atomic mass is 10.2. The van der Waals surface area contributed by atoms with Crippen molar-refractivity contribution in [2.75, 3.05) is 20.8 Å². The summed E-state index contributed by atoms with van der Waals surface area (Å²) in [4.78, 5) is 0. The van der Waals surface area contributed by atoms with Crippen molar-refractivity contribution in [2.24, 2.45) is 5.10 Å². The van der Waals surface area contributed by atoms with E-state index in [1.807, 2.05) is 37.3 Å². The van der Waals surface area contributed by atoms with Gasteiger partial charge in [-0.3, -0.25) is 0 Å². The van der Waals surface area contributed by atoms with Crippen LogP contribution in [0.25, 0.3) is 0 Å². The van der Waals surface area contributed by atoms with Crippen molar-refractivity contribution >= 4 is 41.0 Å². The van der Waals surface area contributed by atoms with Gasteiger partial charge in [-0.25, -0.2) is 0 Å². The lowest BCUT2D eigenvalue weighted by Crippen LogP contribution is -2.06. The van der Waals surface area contributed by atoms with Gasteiger partial charge in [-0.2, -0.15) is 5.10 Å². The molecule has 0 amide bonds. The van der Waals surface area contributed by atoms with Gasteiger partial charge in [-0.15, -0.1) is 0 Å². The Bertz CT molecular complexity index is 1160. The molecule has 0 aromatic heterocycles. The number of hydrogen-bond acceptors (Lipinski definition) is 6. The molecule has 3 aromatic rings. The largest absolute Gasteiger partial charge is 0.493 e. The number of nitrogens with one attached hydrogen (secondary N) is 1. The first kappa shape index (κ1) is 25.8. The first-order valence-corrected chi connectivity index (χ1v) is 11.6. The molecule has 0 aliphatic heterocycles. The Balaban J connectivity index is 1.68. The standard InChI is InChI=1S/C25H25Cl3N2O4/c1-4-33-24-12-18(14-30-29-13-16-6-8-22(31-2)23(11-16)32-3)10-21(28)25(24)34-15-17-5-7-19(26)20(27)9-17/h5-12,14,29H,4,13,15H2,1-3H3/b30-14-. The minimum atomic E-state index is 0.261. The molecule has 0 atom stereocenters. The number of hydrogen-bond donors (Lipinski definition) is 1. The van der Waals surface area contributed by atoms with Gasteiger partial charge in [0, 0.05) is 0 Å².